The van der Waals surface area contributed by atoms with E-state index in [-0.39, 0.29) is 0 Å². The molecule has 3 rings (SSSR count). The van der Waals surface area contributed by atoms with E-state index in [0.717, 1.165) is 40.2 Å². The Kier molecular flexibility index (Phi) is 2.64. The fourth-order valence-corrected chi connectivity index (χ4v) is 2.59. The lowest BCUT2D eigenvalue weighted by Gasteiger charge is -2.02. The molecule has 0 amide bonds. The highest BCUT2D eigenvalue weighted by Gasteiger charge is 2.16. The van der Waals surface area contributed by atoms with Crippen molar-refractivity contribution in [3.8, 4) is 17.0 Å². The van der Waals surface area contributed by atoms with Gasteiger partial charge in [0, 0.05) is 18.5 Å². The van der Waals surface area contributed by atoms with Gasteiger partial charge in [-0.25, -0.2) is 0 Å². The van der Waals surface area contributed by atoms with Gasteiger partial charge in [0.05, 0.1) is 16.8 Å². The van der Waals surface area contributed by atoms with Gasteiger partial charge in [0.2, 0.25) is 0 Å². The number of halogens is 1. The molecule has 0 saturated heterocycles. The standard InChI is InChI=1S/C12H12BrN3O/c13-11-9(6-14)15-16-12(11)8-1-2-10-7(5-8)3-4-17-10/h1-2,5H,3-4,6,14H2,(H,15,16). The van der Waals surface area contributed by atoms with Crippen LogP contribution in [0.1, 0.15) is 11.3 Å². The molecule has 0 spiro atoms. The van der Waals surface area contributed by atoms with Crippen LogP contribution in [0.5, 0.6) is 5.75 Å². The summed E-state index contributed by atoms with van der Waals surface area (Å²) in [7, 11) is 0. The first-order chi connectivity index (χ1) is 8.29. The van der Waals surface area contributed by atoms with E-state index in [1.54, 1.807) is 0 Å². The predicted octanol–water partition coefficient (Wildman–Crippen LogP) is 2.23. The minimum Gasteiger partial charge on any atom is -0.493 e. The number of nitrogens with one attached hydrogen (secondary N) is 1. The maximum atomic E-state index is 5.61. The Morgan fingerprint density at radius 2 is 2.35 bits per heavy atom. The summed E-state index contributed by atoms with van der Waals surface area (Å²) in [5, 5.41) is 7.23. The summed E-state index contributed by atoms with van der Waals surface area (Å²) in [6.07, 6.45) is 0.967. The molecule has 2 heterocycles. The van der Waals surface area contributed by atoms with Gasteiger partial charge in [-0.1, -0.05) is 0 Å². The summed E-state index contributed by atoms with van der Waals surface area (Å²) in [6, 6.07) is 6.15. The highest BCUT2D eigenvalue weighted by Crippen LogP contribution is 2.33. The average molecular weight is 294 g/mol. The number of fused-ring (bicyclic) bond motifs is 1. The van der Waals surface area contributed by atoms with E-state index < -0.39 is 0 Å². The molecule has 3 N–H and O–H groups in total. The molecule has 4 nitrogen and oxygen atoms in total. The van der Waals surface area contributed by atoms with Crippen LogP contribution in [-0.4, -0.2) is 16.8 Å². The van der Waals surface area contributed by atoms with E-state index in [1.165, 1.54) is 5.56 Å². The first-order valence-electron chi connectivity index (χ1n) is 5.48. The Morgan fingerprint density at radius 1 is 1.47 bits per heavy atom. The van der Waals surface area contributed by atoms with Crippen molar-refractivity contribution >= 4 is 15.9 Å². The first kappa shape index (κ1) is 10.8. The van der Waals surface area contributed by atoms with Crippen LogP contribution in [0.15, 0.2) is 22.7 Å². The number of nitrogens with zero attached hydrogens (tertiary/aromatic N) is 1. The van der Waals surface area contributed by atoms with Crippen LogP contribution in [0.2, 0.25) is 0 Å². The second-order valence-electron chi connectivity index (χ2n) is 3.99. The van der Waals surface area contributed by atoms with Crippen LogP contribution in [0.3, 0.4) is 0 Å². The molecule has 17 heavy (non-hydrogen) atoms. The molecule has 5 heteroatoms. The molecular weight excluding hydrogens is 282 g/mol. The van der Waals surface area contributed by atoms with Crippen LogP contribution in [0.25, 0.3) is 11.3 Å². The van der Waals surface area contributed by atoms with Crippen LogP contribution in [0, 0.1) is 0 Å². The summed E-state index contributed by atoms with van der Waals surface area (Å²) >= 11 is 3.52. The van der Waals surface area contributed by atoms with Crippen molar-refractivity contribution in [3.63, 3.8) is 0 Å². The summed E-state index contributed by atoms with van der Waals surface area (Å²) in [6.45, 7) is 1.22. The van der Waals surface area contributed by atoms with Gasteiger partial charge in [-0.2, -0.15) is 5.10 Å². The highest BCUT2D eigenvalue weighted by molar-refractivity contribution is 9.10. The zero-order valence-corrected chi connectivity index (χ0v) is 10.8. The van der Waals surface area contributed by atoms with Crippen LogP contribution in [0.4, 0.5) is 0 Å². The molecule has 88 valence electrons. The first-order valence-corrected chi connectivity index (χ1v) is 6.28. The van der Waals surface area contributed by atoms with Crippen LogP contribution >= 0.6 is 15.9 Å². The number of hydrogen-bond acceptors (Lipinski definition) is 3. The predicted molar refractivity (Wildman–Crippen MR) is 68.8 cm³/mol. The van der Waals surface area contributed by atoms with Crippen molar-refractivity contribution < 1.29 is 4.74 Å². The molecule has 1 aromatic carbocycles. The minimum absolute atomic E-state index is 0.446. The van der Waals surface area contributed by atoms with Gasteiger partial charge in [0.25, 0.3) is 0 Å². The lowest BCUT2D eigenvalue weighted by molar-refractivity contribution is 0.357. The smallest absolute Gasteiger partial charge is 0.122 e. The quantitative estimate of drug-likeness (QED) is 0.892. The molecule has 0 unspecified atom stereocenters. The Balaban J connectivity index is 2.06. The zero-order valence-electron chi connectivity index (χ0n) is 9.16. The number of ether oxygens (including phenoxy) is 1. The summed E-state index contributed by atoms with van der Waals surface area (Å²) in [4.78, 5) is 0. The van der Waals surface area contributed by atoms with Gasteiger partial charge in [-0.15, -0.1) is 0 Å². The topological polar surface area (TPSA) is 63.9 Å². The molecule has 1 aliphatic rings. The Bertz CT molecular complexity index is 565. The van der Waals surface area contributed by atoms with E-state index in [4.69, 9.17) is 10.5 Å². The molecule has 1 aliphatic heterocycles. The minimum atomic E-state index is 0.446. The molecule has 0 bridgehead atoms. The van der Waals surface area contributed by atoms with E-state index in [9.17, 15) is 0 Å². The fourth-order valence-electron chi connectivity index (χ4n) is 2.02. The normalized spacial score (nSPS) is 13.5. The van der Waals surface area contributed by atoms with Crippen molar-refractivity contribution in [1.82, 2.24) is 10.2 Å². The summed E-state index contributed by atoms with van der Waals surface area (Å²) in [5.41, 5.74) is 9.75. The van der Waals surface area contributed by atoms with Gasteiger partial charge in [0.15, 0.2) is 0 Å². The van der Waals surface area contributed by atoms with Gasteiger partial charge >= 0.3 is 0 Å². The van der Waals surface area contributed by atoms with Gasteiger partial charge in [0.1, 0.15) is 11.4 Å². The van der Waals surface area contributed by atoms with Crippen molar-refractivity contribution in [2.75, 3.05) is 6.61 Å². The molecule has 2 aromatic rings. The average Bonchev–Trinajstić information content (AvgIpc) is 2.94. The fraction of sp³-hybridized carbons (Fsp3) is 0.250. The number of benzene rings is 1. The monoisotopic (exact) mass is 293 g/mol. The Hall–Kier alpha value is -1.33. The third-order valence-corrected chi connectivity index (χ3v) is 3.80. The summed E-state index contributed by atoms with van der Waals surface area (Å²) < 4.78 is 6.43. The molecule has 0 aliphatic carbocycles. The highest BCUT2D eigenvalue weighted by atomic mass is 79.9. The van der Waals surface area contributed by atoms with E-state index in [0.29, 0.717) is 6.54 Å². The Labute approximate surface area is 107 Å². The SMILES string of the molecule is NCc1[nH]nc(-c2ccc3c(c2)CCO3)c1Br. The number of nitrogens with two attached hydrogens (primary N) is 1. The van der Waals surface area contributed by atoms with E-state index in [2.05, 4.69) is 32.2 Å². The maximum Gasteiger partial charge on any atom is 0.122 e. The van der Waals surface area contributed by atoms with E-state index >= 15 is 0 Å². The lowest BCUT2D eigenvalue weighted by atomic mass is 10.1. The molecule has 0 fully saturated rings. The van der Waals surface area contributed by atoms with Crippen molar-refractivity contribution in [3.05, 3.63) is 33.9 Å². The van der Waals surface area contributed by atoms with Crippen molar-refractivity contribution in [2.24, 2.45) is 5.73 Å². The van der Waals surface area contributed by atoms with Crippen molar-refractivity contribution in [1.29, 1.82) is 0 Å². The van der Waals surface area contributed by atoms with Crippen LogP contribution < -0.4 is 10.5 Å². The molecular formula is C12H12BrN3O. The number of H-pyrrole nitrogens is 1. The van der Waals surface area contributed by atoms with Gasteiger partial charge in [-0.3, -0.25) is 5.10 Å². The lowest BCUT2D eigenvalue weighted by Crippen LogP contribution is -1.96. The molecule has 0 atom stereocenters. The van der Waals surface area contributed by atoms with Crippen LogP contribution in [-0.2, 0) is 13.0 Å². The second kappa shape index (κ2) is 4.16. The largest absolute Gasteiger partial charge is 0.493 e. The van der Waals surface area contributed by atoms with Crippen molar-refractivity contribution in [2.45, 2.75) is 13.0 Å². The molecule has 0 saturated carbocycles. The number of hydrogen-bond donors (Lipinski definition) is 2. The Morgan fingerprint density at radius 3 is 3.12 bits per heavy atom. The summed E-state index contributed by atoms with van der Waals surface area (Å²) in [5.74, 6) is 0.986. The number of aromatic nitrogens is 2. The van der Waals surface area contributed by atoms with E-state index in [1.807, 2.05) is 12.1 Å². The zero-order chi connectivity index (χ0) is 11.8. The number of rotatable bonds is 2. The van der Waals surface area contributed by atoms with Gasteiger partial charge in [-0.05, 0) is 39.7 Å². The third-order valence-electron chi connectivity index (χ3n) is 2.94. The second-order valence-corrected chi connectivity index (χ2v) is 4.78. The maximum absolute atomic E-state index is 5.61. The number of aromatic amines is 1. The molecule has 1 aromatic heterocycles. The van der Waals surface area contributed by atoms with Gasteiger partial charge < -0.3 is 10.5 Å². The molecule has 0 radical (unpaired) electrons. The third kappa shape index (κ3) is 1.75.